The van der Waals surface area contributed by atoms with Gasteiger partial charge in [0, 0.05) is 22.8 Å². The summed E-state index contributed by atoms with van der Waals surface area (Å²) in [5, 5.41) is 14.9. The van der Waals surface area contributed by atoms with E-state index >= 15 is 0 Å². The molecule has 0 bridgehead atoms. The van der Waals surface area contributed by atoms with Gasteiger partial charge in [-0.3, -0.25) is 0 Å². The first-order valence-corrected chi connectivity index (χ1v) is 8.19. The van der Waals surface area contributed by atoms with Crippen LogP contribution in [0.4, 0.5) is 10.1 Å². The Morgan fingerprint density at radius 3 is 2.79 bits per heavy atom. The number of anilines is 1. The van der Waals surface area contributed by atoms with Crippen LogP contribution >= 0.6 is 11.3 Å². The van der Waals surface area contributed by atoms with E-state index in [9.17, 15) is 9.65 Å². The Hall–Kier alpha value is -2.97. The highest BCUT2D eigenvalue weighted by Gasteiger charge is 2.09. The van der Waals surface area contributed by atoms with Gasteiger partial charge in [0.1, 0.15) is 22.5 Å². The number of allylic oxidation sites excluding steroid dienone is 1. The van der Waals surface area contributed by atoms with Gasteiger partial charge in [0.15, 0.2) is 0 Å². The van der Waals surface area contributed by atoms with Crippen molar-refractivity contribution in [2.45, 2.75) is 6.92 Å². The van der Waals surface area contributed by atoms with Gasteiger partial charge in [-0.15, -0.1) is 11.3 Å². The number of halogens is 1. The van der Waals surface area contributed by atoms with Gasteiger partial charge in [0.2, 0.25) is 0 Å². The van der Waals surface area contributed by atoms with Gasteiger partial charge < -0.3 is 5.32 Å². The number of nitriles is 1. The SMILES string of the molecule is Cc1ccc(F)cc1N/C=C(\C#N)c1nc(-c2ccccc2)cs1. The minimum atomic E-state index is -0.323. The topological polar surface area (TPSA) is 48.7 Å². The lowest BCUT2D eigenvalue weighted by Gasteiger charge is -2.05. The fourth-order valence-corrected chi connectivity index (χ4v) is 2.98. The van der Waals surface area contributed by atoms with Gasteiger partial charge in [-0.05, 0) is 24.6 Å². The second kappa shape index (κ2) is 7.07. The predicted octanol–water partition coefficient (Wildman–Crippen LogP) is 5.23. The van der Waals surface area contributed by atoms with Crippen molar-refractivity contribution >= 4 is 22.6 Å². The summed E-state index contributed by atoms with van der Waals surface area (Å²) in [6.07, 6.45) is 1.56. The van der Waals surface area contributed by atoms with Gasteiger partial charge >= 0.3 is 0 Å². The Morgan fingerprint density at radius 2 is 2.04 bits per heavy atom. The first-order chi connectivity index (χ1) is 11.7. The van der Waals surface area contributed by atoms with Gasteiger partial charge in [-0.25, -0.2) is 9.37 Å². The average Bonchev–Trinajstić information content (AvgIpc) is 3.09. The summed E-state index contributed by atoms with van der Waals surface area (Å²) in [6.45, 7) is 1.87. The normalized spacial score (nSPS) is 11.1. The van der Waals surface area contributed by atoms with E-state index in [4.69, 9.17) is 0 Å². The van der Waals surface area contributed by atoms with Crippen LogP contribution < -0.4 is 5.32 Å². The fraction of sp³-hybridized carbons (Fsp3) is 0.0526. The molecular formula is C19H14FN3S. The lowest BCUT2D eigenvalue weighted by atomic mass is 10.2. The molecule has 0 amide bonds. The Kier molecular flexibility index (Phi) is 4.69. The lowest BCUT2D eigenvalue weighted by molar-refractivity contribution is 0.628. The third-order valence-electron chi connectivity index (χ3n) is 3.50. The largest absolute Gasteiger partial charge is 0.360 e. The van der Waals surface area contributed by atoms with Crippen molar-refractivity contribution in [1.29, 1.82) is 5.26 Å². The number of hydrogen-bond acceptors (Lipinski definition) is 4. The van der Waals surface area contributed by atoms with Crippen LogP contribution in [0.5, 0.6) is 0 Å². The average molecular weight is 335 g/mol. The molecule has 118 valence electrons. The van der Waals surface area contributed by atoms with Gasteiger partial charge in [-0.2, -0.15) is 5.26 Å². The Labute approximate surface area is 143 Å². The number of benzene rings is 2. The van der Waals surface area contributed by atoms with Crippen LogP contribution in [0.3, 0.4) is 0 Å². The van der Waals surface area contributed by atoms with Crippen molar-refractivity contribution in [1.82, 2.24) is 4.98 Å². The van der Waals surface area contributed by atoms with Crippen molar-refractivity contribution in [3.05, 3.63) is 76.5 Å². The molecule has 0 atom stereocenters. The summed E-state index contributed by atoms with van der Waals surface area (Å²) in [7, 11) is 0. The quantitative estimate of drug-likeness (QED) is 0.664. The molecule has 0 radical (unpaired) electrons. The first-order valence-electron chi connectivity index (χ1n) is 7.31. The maximum Gasteiger partial charge on any atom is 0.136 e. The summed E-state index contributed by atoms with van der Waals surface area (Å²) in [5.74, 6) is -0.323. The maximum atomic E-state index is 13.3. The molecule has 0 saturated heterocycles. The second-order valence-electron chi connectivity index (χ2n) is 5.18. The van der Waals surface area contributed by atoms with Crippen molar-refractivity contribution < 1.29 is 4.39 Å². The molecule has 3 nitrogen and oxygen atoms in total. The van der Waals surface area contributed by atoms with Gasteiger partial charge in [0.05, 0.1) is 5.69 Å². The summed E-state index contributed by atoms with van der Waals surface area (Å²) < 4.78 is 13.3. The van der Waals surface area contributed by atoms with E-state index in [2.05, 4.69) is 16.4 Å². The Balaban J connectivity index is 1.86. The third kappa shape index (κ3) is 3.50. The first kappa shape index (κ1) is 15.9. The van der Waals surface area contributed by atoms with Crippen molar-refractivity contribution in [3.63, 3.8) is 0 Å². The monoisotopic (exact) mass is 335 g/mol. The lowest BCUT2D eigenvalue weighted by Crippen LogP contribution is -1.94. The third-order valence-corrected chi connectivity index (χ3v) is 4.37. The van der Waals surface area contributed by atoms with E-state index in [0.717, 1.165) is 16.8 Å². The van der Waals surface area contributed by atoms with Crippen LogP contribution in [0.2, 0.25) is 0 Å². The Morgan fingerprint density at radius 1 is 1.25 bits per heavy atom. The molecule has 0 spiro atoms. The molecule has 3 aromatic rings. The molecule has 0 aliphatic heterocycles. The zero-order chi connectivity index (χ0) is 16.9. The van der Waals surface area contributed by atoms with Crippen LogP contribution in [-0.4, -0.2) is 4.98 Å². The highest BCUT2D eigenvalue weighted by atomic mass is 32.1. The molecule has 0 aliphatic rings. The summed E-state index contributed by atoms with van der Waals surface area (Å²) >= 11 is 1.40. The molecule has 24 heavy (non-hydrogen) atoms. The molecule has 0 unspecified atom stereocenters. The number of thiazole rings is 1. The molecule has 5 heteroatoms. The molecule has 3 rings (SSSR count). The Bertz CT molecular complexity index is 923. The molecule has 0 saturated carbocycles. The molecule has 2 aromatic carbocycles. The number of aryl methyl sites for hydroxylation is 1. The highest BCUT2D eigenvalue weighted by Crippen LogP contribution is 2.26. The van der Waals surface area contributed by atoms with E-state index < -0.39 is 0 Å². The fourth-order valence-electron chi connectivity index (χ4n) is 2.18. The highest BCUT2D eigenvalue weighted by molar-refractivity contribution is 7.11. The number of rotatable bonds is 4. The smallest absolute Gasteiger partial charge is 0.136 e. The zero-order valence-corrected chi connectivity index (χ0v) is 13.8. The van der Waals surface area contributed by atoms with E-state index in [0.29, 0.717) is 16.3 Å². The van der Waals surface area contributed by atoms with Gasteiger partial charge in [-0.1, -0.05) is 36.4 Å². The molecular weight excluding hydrogens is 321 g/mol. The van der Waals surface area contributed by atoms with Crippen molar-refractivity contribution in [2.75, 3.05) is 5.32 Å². The second-order valence-corrected chi connectivity index (χ2v) is 6.04. The molecule has 1 heterocycles. The van der Waals surface area contributed by atoms with Crippen molar-refractivity contribution in [3.8, 4) is 17.3 Å². The van der Waals surface area contributed by atoms with E-state index in [1.807, 2.05) is 42.6 Å². The molecule has 0 fully saturated rings. The summed E-state index contributed by atoms with van der Waals surface area (Å²) in [4.78, 5) is 4.52. The number of hydrogen-bond donors (Lipinski definition) is 1. The van der Waals surface area contributed by atoms with Crippen LogP contribution in [0.25, 0.3) is 16.8 Å². The van der Waals surface area contributed by atoms with E-state index in [-0.39, 0.29) is 5.82 Å². The molecule has 0 aliphatic carbocycles. The van der Waals surface area contributed by atoms with Crippen LogP contribution in [-0.2, 0) is 0 Å². The predicted molar refractivity (Wildman–Crippen MR) is 95.9 cm³/mol. The molecule has 1 N–H and O–H groups in total. The molecule has 1 aromatic heterocycles. The van der Waals surface area contributed by atoms with Gasteiger partial charge in [0.25, 0.3) is 0 Å². The van der Waals surface area contributed by atoms with Crippen LogP contribution in [0.1, 0.15) is 10.6 Å². The van der Waals surface area contributed by atoms with Crippen LogP contribution in [0.15, 0.2) is 60.1 Å². The van der Waals surface area contributed by atoms with E-state index in [1.54, 1.807) is 12.3 Å². The zero-order valence-electron chi connectivity index (χ0n) is 13.0. The number of aromatic nitrogens is 1. The number of nitrogens with zero attached hydrogens (tertiary/aromatic N) is 2. The minimum absolute atomic E-state index is 0.323. The maximum absolute atomic E-state index is 13.3. The minimum Gasteiger partial charge on any atom is -0.360 e. The standard InChI is InChI=1S/C19H14FN3S/c1-13-7-8-16(20)9-17(13)22-11-15(10-21)19-23-18(12-24-19)14-5-3-2-4-6-14/h2-9,11-12,22H,1H3/b15-11+. The van der Waals surface area contributed by atoms with Crippen LogP contribution in [0, 0.1) is 24.1 Å². The summed E-state index contributed by atoms with van der Waals surface area (Å²) in [6, 6.07) is 16.4. The van der Waals surface area contributed by atoms with E-state index in [1.165, 1.54) is 23.5 Å². The van der Waals surface area contributed by atoms with Crippen molar-refractivity contribution in [2.24, 2.45) is 0 Å². The number of nitrogens with one attached hydrogen (secondary N) is 1. The summed E-state index contributed by atoms with van der Waals surface area (Å²) in [5.41, 5.74) is 3.77.